The zero-order valence-corrected chi connectivity index (χ0v) is 11.3. The fraction of sp³-hybridized carbons (Fsp3) is 0.500. The summed E-state index contributed by atoms with van der Waals surface area (Å²) in [5.74, 6) is 0.0855. The number of aromatic nitrogens is 4. The van der Waals surface area contributed by atoms with E-state index in [1.807, 2.05) is 0 Å². The van der Waals surface area contributed by atoms with Crippen LogP contribution in [0.4, 0.5) is 13.2 Å². The van der Waals surface area contributed by atoms with Crippen molar-refractivity contribution in [1.29, 1.82) is 0 Å². The zero-order valence-electron chi connectivity index (χ0n) is 10.4. The van der Waals surface area contributed by atoms with Crippen molar-refractivity contribution in [2.45, 2.75) is 30.9 Å². The van der Waals surface area contributed by atoms with E-state index in [2.05, 4.69) is 15.4 Å². The van der Waals surface area contributed by atoms with Crippen molar-refractivity contribution in [3.8, 4) is 0 Å². The van der Waals surface area contributed by atoms with Crippen LogP contribution in [-0.4, -0.2) is 19.9 Å². The highest BCUT2D eigenvalue weighted by Crippen LogP contribution is 2.31. The van der Waals surface area contributed by atoms with Crippen molar-refractivity contribution >= 4 is 11.8 Å². The van der Waals surface area contributed by atoms with Gasteiger partial charge in [-0.2, -0.15) is 13.2 Å². The van der Waals surface area contributed by atoms with Crippen LogP contribution < -0.4 is 0 Å². The quantitative estimate of drug-likeness (QED) is 0.814. The second kappa shape index (κ2) is 4.87. The van der Waals surface area contributed by atoms with Gasteiger partial charge in [0.25, 0.3) is 0 Å². The number of alkyl halides is 3. The van der Waals surface area contributed by atoms with Crippen molar-refractivity contribution in [1.82, 2.24) is 19.9 Å². The fourth-order valence-electron chi connectivity index (χ4n) is 1.53. The maximum absolute atomic E-state index is 12.5. The van der Waals surface area contributed by atoms with E-state index < -0.39 is 12.0 Å². The molecule has 0 aliphatic carbocycles. The monoisotopic (exact) mass is 292 g/mol. The molecule has 0 saturated carbocycles. The van der Waals surface area contributed by atoms with Crippen LogP contribution in [0.2, 0.25) is 0 Å². The predicted octanol–water partition coefficient (Wildman–Crippen LogP) is 2.73. The number of rotatable bonds is 3. The molecule has 0 N–H and O–H groups in total. The summed E-state index contributed by atoms with van der Waals surface area (Å²) in [5.41, 5.74) is 1.59. The van der Waals surface area contributed by atoms with Crippen LogP contribution >= 0.6 is 11.8 Å². The van der Waals surface area contributed by atoms with Gasteiger partial charge in [-0.25, -0.2) is 0 Å². The molecule has 0 spiro atoms. The number of halogens is 3. The molecule has 0 aliphatic rings. The Balaban J connectivity index is 2.15. The first-order valence-corrected chi connectivity index (χ1v) is 6.30. The Morgan fingerprint density at radius 2 is 1.95 bits per heavy atom. The van der Waals surface area contributed by atoms with E-state index in [1.54, 1.807) is 13.8 Å². The normalized spacial score (nSPS) is 12.1. The van der Waals surface area contributed by atoms with Crippen LogP contribution in [0.5, 0.6) is 0 Å². The molecule has 5 nitrogen and oxygen atoms in total. The van der Waals surface area contributed by atoms with Crippen LogP contribution in [-0.2, 0) is 19.0 Å². The Bertz CT molecular complexity index is 571. The van der Waals surface area contributed by atoms with Gasteiger partial charge in [0, 0.05) is 18.4 Å². The molecule has 19 heavy (non-hydrogen) atoms. The number of hydrogen-bond acceptors (Lipinski definition) is 5. The molecule has 0 saturated heterocycles. The highest BCUT2D eigenvalue weighted by Gasteiger charge is 2.37. The third-order valence-electron chi connectivity index (χ3n) is 2.62. The van der Waals surface area contributed by atoms with Gasteiger partial charge >= 0.3 is 6.18 Å². The molecular formula is C10H11F3N4OS. The van der Waals surface area contributed by atoms with Crippen molar-refractivity contribution in [2.75, 3.05) is 0 Å². The molecule has 0 aliphatic heterocycles. The first-order chi connectivity index (χ1) is 8.80. The number of hydrogen-bond donors (Lipinski definition) is 0. The van der Waals surface area contributed by atoms with Gasteiger partial charge in [0.2, 0.25) is 5.82 Å². The second-order valence-electron chi connectivity index (χ2n) is 3.95. The number of thioether (sulfide) groups is 1. The van der Waals surface area contributed by atoms with E-state index in [0.717, 1.165) is 27.6 Å². The Labute approximate surface area is 111 Å². The number of nitrogens with zero attached hydrogens (tertiary/aromatic N) is 4. The molecule has 9 heteroatoms. The van der Waals surface area contributed by atoms with E-state index >= 15 is 0 Å². The molecule has 104 valence electrons. The molecule has 0 amide bonds. The zero-order chi connectivity index (χ0) is 14.2. The second-order valence-corrected chi connectivity index (χ2v) is 4.90. The Hall–Kier alpha value is -1.51. The van der Waals surface area contributed by atoms with Gasteiger partial charge in [-0.05, 0) is 13.8 Å². The van der Waals surface area contributed by atoms with Crippen LogP contribution in [0.3, 0.4) is 0 Å². The van der Waals surface area contributed by atoms with Gasteiger partial charge in [-0.1, -0.05) is 16.9 Å². The summed E-state index contributed by atoms with van der Waals surface area (Å²) in [5, 5.41) is 10.7. The van der Waals surface area contributed by atoms with Crippen LogP contribution in [0.1, 0.15) is 22.8 Å². The maximum Gasteiger partial charge on any atom is 0.451 e. The summed E-state index contributed by atoms with van der Waals surface area (Å²) < 4.78 is 43.6. The lowest BCUT2D eigenvalue weighted by Gasteiger charge is -2.06. The smallest absolute Gasteiger partial charge is 0.361 e. The highest BCUT2D eigenvalue weighted by atomic mass is 32.2. The third-order valence-corrected chi connectivity index (χ3v) is 3.66. The summed E-state index contributed by atoms with van der Waals surface area (Å²) >= 11 is 1.16. The standard InChI is InChI=1S/C10H11F3N4OS/c1-5-7(6(2)18-16-5)4-19-9-15-14-8(17(9)3)10(11,12)13/h4H2,1-3H3. The van der Waals surface area contributed by atoms with Crippen LogP contribution in [0.25, 0.3) is 0 Å². The first kappa shape index (κ1) is 13.9. The highest BCUT2D eigenvalue weighted by molar-refractivity contribution is 7.98. The summed E-state index contributed by atoms with van der Waals surface area (Å²) in [6.07, 6.45) is -4.50. The van der Waals surface area contributed by atoms with Gasteiger partial charge in [0.05, 0.1) is 5.69 Å². The van der Waals surface area contributed by atoms with Crippen LogP contribution in [0, 0.1) is 13.8 Å². The van der Waals surface area contributed by atoms with Gasteiger partial charge in [-0.3, -0.25) is 0 Å². The van der Waals surface area contributed by atoms with E-state index in [0.29, 0.717) is 11.5 Å². The summed E-state index contributed by atoms with van der Waals surface area (Å²) in [6.45, 7) is 3.54. The molecule has 2 aromatic rings. The van der Waals surface area contributed by atoms with Gasteiger partial charge in [0.15, 0.2) is 5.16 Å². The summed E-state index contributed by atoms with van der Waals surface area (Å²) in [7, 11) is 1.29. The van der Waals surface area contributed by atoms with Crippen molar-refractivity contribution < 1.29 is 17.7 Å². The Kier molecular flexibility index (Phi) is 3.57. The van der Waals surface area contributed by atoms with Crippen LogP contribution in [0.15, 0.2) is 9.68 Å². The molecule has 0 radical (unpaired) electrons. The lowest BCUT2D eigenvalue weighted by Crippen LogP contribution is -2.12. The lowest BCUT2D eigenvalue weighted by atomic mass is 10.2. The average molecular weight is 292 g/mol. The predicted molar refractivity (Wildman–Crippen MR) is 61.5 cm³/mol. The molecule has 0 bridgehead atoms. The largest absolute Gasteiger partial charge is 0.451 e. The van der Waals surface area contributed by atoms with Crippen molar-refractivity contribution in [2.24, 2.45) is 7.05 Å². The van der Waals surface area contributed by atoms with E-state index in [9.17, 15) is 13.2 Å². The maximum atomic E-state index is 12.5. The average Bonchev–Trinajstić information content (AvgIpc) is 2.81. The summed E-state index contributed by atoms with van der Waals surface area (Å²) in [4.78, 5) is 0. The molecule has 2 heterocycles. The van der Waals surface area contributed by atoms with E-state index in [1.165, 1.54) is 7.05 Å². The van der Waals surface area contributed by atoms with Crippen molar-refractivity contribution in [3.63, 3.8) is 0 Å². The molecule has 2 aromatic heterocycles. The topological polar surface area (TPSA) is 56.7 Å². The van der Waals surface area contributed by atoms with Gasteiger partial charge in [0.1, 0.15) is 5.76 Å². The molecular weight excluding hydrogens is 281 g/mol. The van der Waals surface area contributed by atoms with Crippen molar-refractivity contribution in [3.05, 3.63) is 22.8 Å². The van der Waals surface area contributed by atoms with E-state index in [-0.39, 0.29) is 5.16 Å². The Morgan fingerprint density at radius 1 is 1.26 bits per heavy atom. The third kappa shape index (κ3) is 2.75. The molecule has 0 unspecified atom stereocenters. The van der Waals surface area contributed by atoms with Gasteiger partial charge in [-0.15, -0.1) is 10.2 Å². The lowest BCUT2D eigenvalue weighted by molar-refractivity contribution is -0.147. The number of aryl methyl sites for hydroxylation is 2. The fourth-order valence-corrected chi connectivity index (χ4v) is 2.60. The minimum absolute atomic E-state index is 0.201. The SMILES string of the molecule is Cc1noc(C)c1CSc1nnc(C(F)(F)F)n1C. The Morgan fingerprint density at radius 3 is 2.42 bits per heavy atom. The minimum atomic E-state index is -4.50. The molecule has 0 aromatic carbocycles. The summed E-state index contributed by atoms with van der Waals surface area (Å²) in [6, 6.07) is 0. The van der Waals surface area contributed by atoms with Gasteiger partial charge < -0.3 is 9.09 Å². The molecule has 0 fully saturated rings. The van der Waals surface area contributed by atoms with E-state index in [4.69, 9.17) is 4.52 Å². The molecule has 0 atom stereocenters. The minimum Gasteiger partial charge on any atom is -0.361 e. The molecule has 2 rings (SSSR count). The first-order valence-electron chi connectivity index (χ1n) is 5.32.